The molecule has 12 heteroatoms. The lowest BCUT2D eigenvalue weighted by molar-refractivity contribution is 0.0996. The quantitative estimate of drug-likeness (QED) is 0.438. The number of ether oxygens (including phenoxy) is 1. The van der Waals surface area contributed by atoms with Crippen molar-refractivity contribution in [2.45, 2.75) is 57.3 Å². The molecule has 1 aliphatic carbocycles. The lowest BCUT2D eigenvalue weighted by Crippen LogP contribution is -2.25. The highest BCUT2D eigenvalue weighted by Crippen LogP contribution is 2.41. The number of halogens is 1. The van der Waals surface area contributed by atoms with E-state index in [1.165, 1.54) is 18.5 Å². The van der Waals surface area contributed by atoms with Crippen LogP contribution in [0.1, 0.15) is 62.2 Å². The van der Waals surface area contributed by atoms with Gasteiger partial charge in [-0.15, -0.1) is 11.3 Å². The Morgan fingerprint density at radius 3 is 2.60 bits per heavy atom. The molecule has 1 aromatic carbocycles. The number of sulfonamides is 1. The van der Waals surface area contributed by atoms with Crippen LogP contribution in [0.3, 0.4) is 0 Å². The molecule has 0 spiro atoms. The summed E-state index contributed by atoms with van der Waals surface area (Å²) < 4.78 is 48.6. The molecule has 1 saturated carbocycles. The van der Waals surface area contributed by atoms with Crippen molar-refractivity contribution in [1.82, 2.24) is 15.0 Å². The molecule has 2 heterocycles. The smallest absolute Gasteiger partial charge is 0.251 e. The molecule has 1 aliphatic rings. The zero-order valence-corrected chi connectivity index (χ0v) is 21.3. The fraction of sp³-hybridized carbons (Fsp3) is 0.391. The number of anilines is 1. The van der Waals surface area contributed by atoms with E-state index in [2.05, 4.69) is 19.7 Å². The summed E-state index contributed by atoms with van der Waals surface area (Å²) in [6, 6.07) is 2.87. The number of aromatic nitrogens is 3. The van der Waals surface area contributed by atoms with Crippen LogP contribution < -0.4 is 15.2 Å². The summed E-state index contributed by atoms with van der Waals surface area (Å²) in [6.07, 6.45) is 4.03. The molecule has 0 saturated heterocycles. The van der Waals surface area contributed by atoms with E-state index in [-0.39, 0.29) is 28.2 Å². The predicted molar refractivity (Wildman–Crippen MR) is 132 cm³/mol. The third-order valence-corrected chi connectivity index (χ3v) is 8.33. The van der Waals surface area contributed by atoms with Crippen LogP contribution in [0.15, 0.2) is 29.9 Å². The molecule has 3 aromatic rings. The van der Waals surface area contributed by atoms with E-state index in [4.69, 9.17) is 10.5 Å². The fourth-order valence-corrected chi connectivity index (χ4v) is 6.16. The first kappa shape index (κ1) is 25.0. The third-order valence-electron chi connectivity index (χ3n) is 5.61. The second-order valence-corrected chi connectivity index (χ2v) is 12.0. The van der Waals surface area contributed by atoms with Crippen molar-refractivity contribution in [1.29, 1.82) is 0 Å². The zero-order valence-electron chi connectivity index (χ0n) is 19.7. The van der Waals surface area contributed by atoms with Crippen molar-refractivity contribution in [2.75, 3.05) is 4.72 Å². The molecule has 3 N–H and O–H groups in total. The molecule has 0 atom stereocenters. The maximum atomic E-state index is 15.8. The van der Waals surface area contributed by atoms with Gasteiger partial charge in [-0.05, 0) is 46.6 Å². The summed E-state index contributed by atoms with van der Waals surface area (Å²) in [7, 11) is -3.50. The standard InChI is InChI=1S/C23H26FN5O4S2/c1-12(2)33-18-10-26-9-16(27-18)14-7-8-15(21(25)30)20(24)19(14)23(3,4)17-11-34-22(28-17)29-35(31,32)13-5-6-13/h7-13H,5-6H2,1-4H3,(H2,25,30)(H,28,29). The van der Waals surface area contributed by atoms with E-state index in [1.54, 1.807) is 25.3 Å². The van der Waals surface area contributed by atoms with Gasteiger partial charge in [-0.3, -0.25) is 14.5 Å². The first-order valence-electron chi connectivity index (χ1n) is 11.0. The molecule has 35 heavy (non-hydrogen) atoms. The number of thiazole rings is 1. The molecule has 0 aliphatic heterocycles. The minimum Gasteiger partial charge on any atom is -0.474 e. The lowest BCUT2D eigenvalue weighted by atomic mass is 9.77. The molecule has 186 valence electrons. The minimum absolute atomic E-state index is 0.131. The van der Waals surface area contributed by atoms with Crippen LogP contribution in [0.5, 0.6) is 5.88 Å². The van der Waals surface area contributed by atoms with Crippen LogP contribution in [0.2, 0.25) is 0 Å². The molecule has 0 bridgehead atoms. The Morgan fingerprint density at radius 2 is 1.97 bits per heavy atom. The van der Waals surface area contributed by atoms with Crippen molar-refractivity contribution in [2.24, 2.45) is 5.73 Å². The normalized spacial score (nSPS) is 14.2. The number of nitrogens with one attached hydrogen (secondary N) is 1. The average Bonchev–Trinajstić information content (AvgIpc) is 3.53. The molecule has 1 fully saturated rings. The van der Waals surface area contributed by atoms with Crippen molar-refractivity contribution >= 4 is 32.4 Å². The minimum atomic E-state index is -3.50. The number of primary amides is 1. The van der Waals surface area contributed by atoms with Crippen molar-refractivity contribution in [3.8, 4) is 17.1 Å². The second-order valence-electron chi connectivity index (χ2n) is 9.13. The van der Waals surface area contributed by atoms with E-state index in [9.17, 15) is 13.2 Å². The van der Waals surface area contributed by atoms with Gasteiger partial charge in [0.15, 0.2) is 5.13 Å². The highest BCUT2D eigenvalue weighted by molar-refractivity contribution is 7.93. The third kappa shape index (κ3) is 5.13. The van der Waals surface area contributed by atoms with E-state index in [0.717, 1.165) is 11.3 Å². The van der Waals surface area contributed by atoms with Crippen LogP contribution in [0.25, 0.3) is 11.3 Å². The largest absolute Gasteiger partial charge is 0.474 e. The SMILES string of the molecule is CC(C)Oc1cncc(-c2ccc(C(N)=O)c(F)c2C(C)(C)c2csc(NS(=O)(=O)C3CC3)n2)n1. The van der Waals surface area contributed by atoms with Crippen LogP contribution >= 0.6 is 11.3 Å². The van der Waals surface area contributed by atoms with Gasteiger partial charge in [0.1, 0.15) is 5.82 Å². The predicted octanol–water partition coefficient (Wildman–Crippen LogP) is 3.86. The summed E-state index contributed by atoms with van der Waals surface area (Å²) in [6.45, 7) is 7.16. The van der Waals surface area contributed by atoms with Gasteiger partial charge >= 0.3 is 0 Å². The average molecular weight is 520 g/mol. The summed E-state index contributed by atoms with van der Waals surface area (Å²) in [5, 5.41) is 1.45. The molecule has 0 radical (unpaired) electrons. The first-order valence-corrected chi connectivity index (χ1v) is 13.4. The molecule has 4 rings (SSSR count). The first-order chi connectivity index (χ1) is 16.4. The van der Waals surface area contributed by atoms with Gasteiger partial charge < -0.3 is 10.5 Å². The van der Waals surface area contributed by atoms with Gasteiger partial charge in [-0.2, -0.15) is 0 Å². The van der Waals surface area contributed by atoms with Crippen molar-refractivity contribution in [3.63, 3.8) is 0 Å². The van der Waals surface area contributed by atoms with E-state index in [1.807, 2.05) is 13.8 Å². The zero-order chi connectivity index (χ0) is 25.5. The number of carbonyl (C=O) groups is 1. The number of benzene rings is 1. The number of nitrogens with zero attached hydrogens (tertiary/aromatic N) is 3. The number of nitrogens with two attached hydrogens (primary N) is 1. The topological polar surface area (TPSA) is 137 Å². The fourth-order valence-electron chi connectivity index (χ4n) is 3.69. The Bertz CT molecular complexity index is 1380. The van der Waals surface area contributed by atoms with Gasteiger partial charge in [0, 0.05) is 21.9 Å². The Balaban J connectivity index is 1.82. The molecular formula is C23H26FN5O4S2. The summed E-state index contributed by atoms with van der Waals surface area (Å²) in [4.78, 5) is 25.0. The number of amides is 1. The maximum Gasteiger partial charge on any atom is 0.251 e. The number of carbonyl (C=O) groups excluding carboxylic acids is 1. The molecule has 9 nitrogen and oxygen atoms in total. The Hall–Kier alpha value is -3.12. The van der Waals surface area contributed by atoms with Gasteiger partial charge in [0.05, 0.1) is 40.7 Å². The Labute approximate surface area is 207 Å². The van der Waals surface area contributed by atoms with E-state index >= 15 is 4.39 Å². The molecule has 1 amide bonds. The van der Waals surface area contributed by atoms with E-state index < -0.39 is 32.4 Å². The van der Waals surface area contributed by atoms with Gasteiger partial charge in [-0.25, -0.2) is 22.8 Å². The second kappa shape index (κ2) is 9.15. The molecule has 0 unspecified atom stereocenters. The Morgan fingerprint density at radius 1 is 1.26 bits per heavy atom. The summed E-state index contributed by atoms with van der Waals surface area (Å²) in [5.74, 6) is -1.44. The maximum absolute atomic E-state index is 15.8. The lowest BCUT2D eigenvalue weighted by Gasteiger charge is -2.27. The highest BCUT2D eigenvalue weighted by atomic mass is 32.2. The van der Waals surface area contributed by atoms with E-state index in [0.29, 0.717) is 29.8 Å². The summed E-state index contributed by atoms with van der Waals surface area (Å²) >= 11 is 1.11. The molecule has 2 aromatic heterocycles. The van der Waals surface area contributed by atoms with Crippen LogP contribution in [0.4, 0.5) is 9.52 Å². The van der Waals surface area contributed by atoms with Crippen LogP contribution in [-0.4, -0.2) is 40.6 Å². The van der Waals surface area contributed by atoms with Gasteiger partial charge in [-0.1, -0.05) is 6.07 Å². The van der Waals surface area contributed by atoms with Crippen molar-refractivity contribution in [3.05, 3.63) is 52.5 Å². The monoisotopic (exact) mass is 519 g/mol. The Kier molecular flexibility index (Phi) is 6.54. The summed E-state index contributed by atoms with van der Waals surface area (Å²) in [5.41, 5.74) is 5.32. The number of hydrogen-bond acceptors (Lipinski definition) is 8. The molecular weight excluding hydrogens is 493 g/mol. The van der Waals surface area contributed by atoms with Crippen molar-refractivity contribution < 1.29 is 22.3 Å². The van der Waals surface area contributed by atoms with Gasteiger partial charge in [0.2, 0.25) is 15.9 Å². The van der Waals surface area contributed by atoms with Crippen LogP contribution in [0, 0.1) is 5.82 Å². The van der Waals surface area contributed by atoms with Crippen LogP contribution in [-0.2, 0) is 15.4 Å². The number of hydrogen-bond donors (Lipinski definition) is 2. The van der Waals surface area contributed by atoms with Gasteiger partial charge in [0.25, 0.3) is 5.91 Å². The number of rotatable bonds is 9. The highest BCUT2D eigenvalue weighted by Gasteiger charge is 2.38.